The van der Waals surface area contributed by atoms with Gasteiger partial charge in [0.2, 0.25) is 0 Å². The monoisotopic (exact) mass is 990 g/mol. The molecule has 0 N–H and O–H groups in total. The van der Waals surface area contributed by atoms with Crippen LogP contribution in [0.1, 0.15) is 98.9 Å². The van der Waals surface area contributed by atoms with Crippen molar-refractivity contribution in [1.82, 2.24) is 19.6 Å². The molecule has 2 aromatic carbocycles. The Balaban J connectivity index is 0.00000109. The smallest absolute Gasteiger partial charge is 1.00 e. The van der Waals surface area contributed by atoms with E-state index in [2.05, 4.69) is 98.7 Å². The largest absolute Gasteiger partial charge is 2.00 e. The van der Waals surface area contributed by atoms with Gasteiger partial charge in [0.05, 0.1) is 13.3 Å². The van der Waals surface area contributed by atoms with Crippen LogP contribution in [0.15, 0.2) is 24.3 Å². The molecule has 2 saturated heterocycles. The summed E-state index contributed by atoms with van der Waals surface area (Å²) in [6.45, 7) is 42.1. The van der Waals surface area contributed by atoms with E-state index in [9.17, 15) is 0 Å². The maximum atomic E-state index is 5.97. The number of benzene rings is 2. The number of hydrogen-bond acceptors (Lipinski definition) is 10. The van der Waals surface area contributed by atoms with Crippen molar-refractivity contribution in [2.75, 3.05) is 78.9 Å². The van der Waals surface area contributed by atoms with Crippen LogP contribution in [-0.4, -0.2) is 116 Å². The molecule has 10 nitrogen and oxygen atoms in total. The quantitative estimate of drug-likeness (QED) is 0.147. The molecule has 4 rings (SSSR count). The van der Waals surface area contributed by atoms with Crippen molar-refractivity contribution in [1.29, 1.82) is 0 Å². The third-order valence-corrected chi connectivity index (χ3v) is 16.8. The van der Waals surface area contributed by atoms with Gasteiger partial charge in [-0.1, -0.05) is 35.4 Å². The van der Waals surface area contributed by atoms with Crippen LogP contribution in [0.25, 0.3) is 0 Å². The molecule has 15 heteroatoms. The van der Waals surface area contributed by atoms with Crippen LogP contribution in [-0.2, 0) is 60.1 Å². The fourth-order valence-corrected chi connectivity index (χ4v) is 13.3. The van der Waals surface area contributed by atoms with Crippen molar-refractivity contribution in [2.24, 2.45) is 0 Å². The molecule has 0 aromatic heterocycles. The van der Waals surface area contributed by atoms with Crippen LogP contribution >= 0.6 is 0 Å². The SMILES string of the molecule is CCO[Si](CCCN1[CH]N(Cc2c(C)cc(C)cc2C)CC1)(OCC)OCC.CCO[Si](CCCN1[CH]N(Cc2c(C)cc(C)cc2C)CC1)(OCC)OCC.[Cl-].[Cl-].[Pd+2]. The summed E-state index contributed by atoms with van der Waals surface area (Å²) in [5, 5.41) is 0. The Morgan fingerprint density at radius 1 is 0.441 bits per heavy atom. The summed E-state index contributed by atoms with van der Waals surface area (Å²) in [5.74, 6) is 0. The molecule has 0 amide bonds. The summed E-state index contributed by atoms with van der Waals surface area (Å²) in [5.41, 5.74) is 11.2. The molecule has 59 heavy (non-hydrogen) atoms. The van der Waals surface area contributed by atoms with E-state index in [1.807, 2.05) is 41.5 Å². The predicted octanol–water partition coefficient (Wildman–Crippen LogP) is 2.58. The predicted molar refractivity (Wildman–Crippen MR) is 234 cm³/mol. The van der Waals surface area contributed by atoms with Gasteiger partial charge in [-0.25, -0.2) is 0 Å². The van der Waals surface area contributed by atoms with Crippen molar-refractivity contribution < 1.29 is 71.8 Å². The van der Waals surface area contributed by atoms with Crippen LogP contribution in [0.4, 0.5) is 0 Å². The van der Waals surface area contributed by atoms with E-state index in [0.717, 1.165) is 77.3 Å². The van der Waals surface area contributed by atoms with E-state index >= 15 is 0 Å². The van der Waals surface area contributed by atoms with E-state index in [1.54, 1.807) is 0 Å². The van der Waals surface area contributed by atoms with Crippen molar-refractivity contribution in [2.45, 2.75) is 121 Å². The second-order valence-electron chi connectivity index (χ2n) is 15.2. The molecule has 2 heterocycles. The number of nitrogens with zero attached hydrogens (tertiary/aromatic N) is 4. The topological polar surface area (TPSA) is 68.3 Å². The van der Waals surface area contributed by atoms with E-state index in [-0.39, 0.29) is 45.2 Å². The standard InChI is InChI=1S/2C22H39N2O3Si.2ClH.Pd/c2*1-7-25-28(26-8-2,27-9-3)14-10-11-23-12-13-24(18-23)17-22-20(5)15-19(4)16-21(22)6;;;/h2*15-16,18H,7-14,17H2,1-6H3;2*1H;/q;;;;+2/p-2. The molecule has 2 radical (unpaired) electrons. The van der Waals surface area contributed by atoms with Crippen LogP contribution in [0.5, 0.6) is 0 Å². The van der Waals surface area contributed by atoms with Crippen molar-refractivity contribution in [3.8, 4) is 0 Å². The van der Waals surface area contributed by atoms with Gasteiger partial charge < -0.3 is 51.4 Å². The minimum Gasteiger partial charge on any atom is -1.00 e. The van der Waals surface area contributed by atoms with Gasteiger partial charge in [-0.15, -0.1) is 0 Å². The van der Waals surface area contributed by atoms with Crippen molar-refractivity contribution in [3.63, 3.8) is 0 Å². The molecular weight excluding hydrogens is 914 g/mol. The first-order valence-electron chi connectivity index (χ1n) is 21.5. The summed E-state index contributed by atoms with van der Waals surface area (Å²) in [7, 11) is -5.04. The number of aryl methyl sites for hydroxylation is 6. The first-order chi connectivity index (χ1) is 26.8. The minimum atomic E-state index is -2.52. The summed E-state index contributed by atoms with van der Waals surface area (Å²) >= 11 is 0. The molecule has 0 saturated carbocycles. The van der Waals surface area contributed by atoms with Gasteiger partial charge in [-0.05, 0) is 142 Å². The average Bonchev–Trinajstić information content (AvgIpc) is 3.78. The average molecular weight is 993 g/mol. The van der Waals surface area contributed by atoms with Gasteiger partial charge in [-0.3, -0.25) is 19.6 Å². The first kappa shape index (κ1) is 58.7. The molecule has 2 aliphatic rings. The summed E-state index contributed by atoms with van der Waals surface area (Å²) in [6, 6.07) is 10.9. The molecule has 2 aliphatic heterocycles. The Kier molecular flexibility index (Phi) is 30.6. The van der Waals surface area contributed by atoms with Crippen LogP contribution in [0.3, 0.4) is 0 Å². The van der Waals surface area contributed by atoms with Gasteiger partial charge in [0, 0.05) is 91.0 Å². The number of hydrogen-bond donors (Lipinski definition) is 0. The second kappa shape index (κ2) is 30.7. The van der Waals surface area contributed by atoms with Gasteiger partial charge in [0.1, 0.15) is 0 Å². The van der Waals surface area contributed by atoms with Gasteiger partial charge in [-0.2, -0.15) is 0 Å². The fourth-order valence-electron chi connectivity index (χ4n) is 8.11. The van der Waals surface area contributed by atoms with E-state index in [4.69, 9.17) is 26.6 Å². The third-order valence-electron chi connectivity index (χ3n) is 10.4. The van der Waals surface area contributed by atoms with Crippen LogP contribution in [0, 0.1) is 54.9 Å². The second-order valence-corrected chi connectivity index (χ2v) is 20.6. The summed E-state index contributed by atoms with van der Waals surface area (Å²) in [4.78, 5) is 9.70. The first-order valence-corrected chi connectivity index (χ1v) is 25.3. The number of halogens is 2. The zero-order valence-electron chi connectivity index (χ0n) is 38.5. The summed E-state index contributed by atoms with van der Waals surface area (Å²) in [6.07, 6.45) is 2.05. The van der Waals surface area contributed by atoms with Crippen LogP contribution in [0.2, 0.25) is 12.1 Å². The Labute approximate surface area is 388 Å². The summed E-state index contributed by atoms with van der Waals surface area (Å²) < 4.78 is 35.8. The van der Waals surface area contributed by atoms with Crippen LogP contribution < -0.4 is 24.8 Å². The molecular formula is C44H78Cl2N4O6PdSi2. The van der Waals surface area contributed by atoms with Gasteiger partial charge in [0.15, 0.2) is 0 Å². The zero-order chi connectivity index (χ0) is 41.1. The maximum absolute atomic E-state index is 5.97. The Morgan fingerprint density at radius 3 is 0.949 bits per heavy atom. The van der Waals surface area contributed by atoms with E-state index in [1.165, 1.54) is 44.5 Å². The fraction of sp³-hybridized carbons (Fsp3) is 0.682. The molecule has 2 aromatic rings. The molecule has 0 bridgehead atoms. The van der Waals surface area contributed by atoms with E-state index in [0.29, 0.717) is 39.6 Å². The van der Waals surface area contributed by atoms with Crippen molar-refractivity contribution in [3.05, 3.63) is 82.1 Å². The minimum absolute atomic E-state index is 0. The normalized spacial score (nSPS) is 15.4. The van der Waals surface area contributed by atoms with Gasteiger partial charge >= 0.3 is 38.0 Å². The molecule has 0 spiro atoms. The van der Waals surface area contributed by atoms with Gasteiger partial charge in [0.25, 0.3) is 0 Å². The molecule has 0 aliphatic carbocycles. The third kappa shape index (κ3) is 19.6. The maximum Gasteiger partial charge on any atom is 2.00 e. The number of rotatable bonds is 24. The molecule has 0 atom stereocenters. The zero-order valence-corrected chi connectivity index (χ0v) is 43.6. The molecule has 0 unspecified atom stereocenters. The van der Waals surface area contributed by atoms with E-state index < -0.39 is 17.6 Å². The Hall–Kier alpha value is -0.284. The van der Waals surface area contributed by atoms with Crippen molar-refractivity contribution >= 4 is 17.6 Å². The molecule has 2 fully saturated rings. The molecule has 342 valence electrons. The Morgan fingerprint density at radius 2 is 0.695 bits per heavy atom. The Bertz CT molecular complexity index is 1270.